The van der Waals surface area contributed by atoms with Gasteiger partial charge in [0.1, 0.15) is 24.4 Å². The lowest BCUT2D eigenvalue weighted by Crippen LogP contribution is -2.60. The van der Waals surface area contributed by atoms with Gasteiger partial charge in [0.05, 0.1) is 25.4 Å². The fourth-order valence-electron chi connectivity index (χ4n) is 6.68. The third-order valence-corrected chi connectivity index (χ3v) is 10.1. The zero-order valence-electron chi connectivity index (χ0n) is 32.2. The van der Waals surface area contributed by atoms with E-state index in [2.05, 4.69) is 19.2 Å². The van der Waals surface area contributed by atoms with Gasteiger partial charge in [-0.2, -0.15) is 0 Å². The van der Waals surface area contributed by atoms with Crippen molar-refractivity contribution >= 4 is 5.91 Å². The fraction of sp³-hybridized carbons (Fsp3) is 0.927. The standard InChI is InChI=1S/C41H79NO8/c1-3-5-7-9-11-13-15-16-17-18-19-21-22-24-26-28-30-35(44)34(33-49-41-40(48)39(47)38(46)36(32-43)50-41)42-37(45)31-29-27-25-23-20-14-12-10-8-6-4-2/h28,30,34-36,38-41,43-44,46-48H,3-27,29,31-33H2,1-2H3,(H,42,45)/b30-28+/t34-,35+,36+,38+,39?,40?,41+/m0/s1. The number of allylic oxidation sites excluding steroid dienone is 1. The SMILES string of the molecule is CCCCCCCCCCCCCCCC/C=C/[C@@H](O)[C@H](CO[C@@H]1O[C@H](CO)[C@@H](O)C(O)C1O)NC(=O)CCCCCCCCCCCCC. The number of hydrogen-bond acceptors (Lipinski definition) is 8. The summed E-state index contributed by atoms with van der Waals surface area (Å²) < 4.78 is 11.2. The van der Waals surface area contributed by atoms with Crippen LogP contribution in [0.3, 0.4) is 0 Å². The Morgan fingerprint density at radius 2 is 1.10 bits per heavy atom. The van der Waals surface area contributed by atoms with Crippen LogP contribution in [0.5, 0.6) is 0 Å². The monoisotopic (exact) mass is 714 g/mol. The van der Waals surface area contributed by atoms with E-state index in [1.54, 1.807) is 6.08 Å². The van der Waals surface area contributed by atoms with Crippen molar-refractivity contribution in [3.05, 3.63) is 12.2 Å². The number of hydrogen-bond donors (Lipinski definition) is 6. The number of carbonyl (C=O) groups excluding carboxylic acids is 1. The molecule has 1 amide bonds. The number of amides is 1. The summed E-state index contributed by atoms with van der Waals surface area (Å²) in [5.74, 6) is -0.178. The highest BCUT2D eigenvalue weighted by atomic mass is 16.7. The number of carbonyl (C=O) groups is 1. The van der Waals surface area contributed by atoms with Gasteiger partial charge in [0.2, 0.25) is 5.91 Å². The number of nitrogens with one attached hydrogen (secondary N) is 1. The number of rotatable bonds is 34. The summed E-state index contributed by atoms with van der Waals surface area (Å²) in [5, 5.41) is 54.0. The molecule has 9 nitrogen and oxygen atoms in total. The summed E-state index contributed by atoms with van der Waals surface area (Å²) >= 11 is 0. The topological polar surface area (TPSA) is 149 Å². The zero-order chi connectivity index (χ0) is 36.7. The van der Waals surface area contributed by atoms with Crippen molar-refractivity contribution in [1.82, 2.24) is 5.32 Å². The van der Waals surface area contributed by atoms with Gasteiger partial charge in [-0.1, -0.05) is 174 Å². The highest BCUT2D eigenvalue weighted by molar-refractivity contribution is 5.76. The summed E-state index contributed by atoms with van der Waals surface area (Å²) in [6.45, 7) is 3.75. The molecule has 50 heavy (non-hydrogen) atoms. The summed E-state index contributed by atoms with van der Waals surface area (Å²) in [5.41, 5.74) is 0. The van der Waals surface area contributed by atoms with Crippen molar-refractivity contribution in [2.24, 2.45) is 0 Å². The summed E-state index contributed by atoms with van der Waals surface area (Å²) in [7, 11) is 0. The Hall–Kier alpha value is -1.07. The Bertz CT molecular complexity index is 797. The number of ether oxygens (including phenoxy) is 2. The van der Waals surface area contributed by atoms with Gasteiger partial charge in [-0.05, 0) is 19.3 Å². The van der Waals surface area contributed by atoms with Crippen LogP contribution in [-0.4, -0.2) is 87.5 Å². The van der Waals surface area contributed by atoms with E-state index in [4.69, 9.17) is 9.47 Å². The van der Waals surface area contributed by atoms with E-state index in [0.29, 0.717) is 6.42 Å². The molecule has 0 aromatic rings. The summed E-state index contributed by atoms with van der Waals surface area (Å²) in [4.78, 5) is 12.9. The van der Waals surface area contributed by atoms with E-state index < -0.39 is 49.5 Å². The van der Waals surface area contributed by atoms with Gasteiger partial charge in [0, 0.05) is 6.42 Å². The van der Waals surface area contributed by atoms with Crippen LogP contribution in [0.2, 0.25) is 0 Å². The highest BCUT2D eigenvalue weighted by Crippen LogP contribution is 2.22. The van der Waals surface area contributed by atoms with Crippen molar-refractivity contribution in [3.63, 3.8) is 0 Å². The van der Waals surface area contributed by atoms with Gasteiger partial charge >= 0.3 is 0 Å². The molecule has 0 aromatic heterocycles. The Labute approximate surface area is 306 Å². The first-order valence-electron chi connectivity index (χ1n) is 20.9. The van der Waals surface area contributed by atoms with E-state index >= 15 is 0 Å². The molecule has 7 atom stereocenters. The first-order chi connectivity index (χ1) is 24.3. The molecule has 0 aliphatic carbocycles. The van der Waals surface area contributed by atoms with Crippen molar-refractivity contribution < 1.29 is 39.8 Å². The number of aliphatic hydroxyl groups excluding tert-OH is 5. The molecule has 296 valence electrons. The van der Waals surface area contributed by atoms with Crippen LogP contribution >= 0.6 is 0 Å². The van der Waals surface area contributed by atoms with Crippen molar-refractivity contribution in [2.45, 2.75) is 230 Å². The molecule has 0 aromatic carbocycles. The Kier molecular flexibility index (Phi) is 30.6. The van der Waals surface area contributed by atoms with E-state index in [1.165, 1.54) is 128 Å². The normalized spacial score (nSPS) is 22.3. The van der Waals surface area contributed by atoms with Gasteiger partial charge in [-0.25, -0.2) is 0 Å². The first kappa shape index (κ1) is 47.0. The van der Waals surface area contributed by atoms with E-state index in [-0.39, 0.29) is 12.5 Å². The molecular formula is C41H79NO8. The number of unbranched alkanes of at least 4 members (excludes halogenated alkanes) is 24. The molecule has 1 saturated heterocycles. The quantitative estimate of drug-likeness (QED) is 0.0293. The Balaban J connectivity index is 2.41. The molecule has 6 N–H and O–H groups in total. The van der Waals surface area contributed by atoms with Crippen LogP contribution in [0.25, 0.3) is 0 Å². The van der Waals surface area contributed by atoms with Crippen LogP contribution < -0.4 is 5.32 Å². The summed E-state index contributed by atoms with van der Waals surface area (Å²) in [6.07, 6.45) is 28.2. The molecule has 1 fully saturated rings. The molecule has 0 bridgehead atoms. The minimum atomic E-state index is -1.56. The van der Waals surface area contributed by atoms with Gasteiger partial charge in [-0.15, -0.1) is 0 Å². The lowest BCUT2D eigenvalue weighted by atomic mass is 9.99. The lowest BCUT2D eigenvalue weighted by molar-refractivity contribution is -0.302. The molecule has 0 spiro atoms. The Morgan fingerprint density at radius 1 is 0.660 bits per heavy atom. The minimum absolute atomic E-state index is 0.178. The van der Waals surface area contributed by atoms with Crippen LogP contribution in [0, 0.1) is 0 Å². The number of aliphatic hydroxyl groups is 5. The van der Waals surface area contributed by atoms with Crippen LogP contribution in [0.1, 0.15) is 187 Å². The fourth-order valence-corrected chi connectivity index (χ4v) is 6.68. The highest BCUT2D eigenvalue weighted by Gasteiger charge is 2.44. The minimum Gasteiger partial charge on any atom is -0.394 e. The van der Waals surface area contributed by atoms with Crippen LogP contribution in [0.4, 0.5) is 0 Å². The van der Waals surface area contributed by atoms with Crippen molar-refractivity contribution in [2.75, 3.05) is 13.2 Å². The molecular weight excluding hydrogens is 634 g/mol. The molecule has 1 aliphatic heterocycles. The van der Waals surface area contributed by atoms with Gasteiger partial charge in [0.25, 0.3) is 0 Å². The molecule has 1 aliphatic rings. The van der Waals surface area contributed by atoms with E-state index in [0.717, 1.165) is 38.5 Å². The third-order valence-electron chi connectivity index (χ3n) is 10.1. The van der Waals surface area contributed by atoms with E-state index in [1.807, 2.05) is 6.08 Å². The molecule has 0 radical (unpaired) electrons. The Morgan fingerprint density at radius 3 is 1.56 bits per heavy atom. The average Bonchev–Trinajstić information content (AvgIpc) is 3.11. The molecule has 1 heterocycles. The summed E-state index contributed by atoms with van der Waals surface area (Å²) in [6, 6.07) is -0.796. The van der Waals surface area contributed by atoms with Crippen molar-refractivity contribution in [3.8, 4) is 0 Å². The second-order valence-corrected chi connectivity index (χ2v) is 14.8. The second kappa shape index (κ2) is 32.6. The van der Waals surface area contributed by atoms with Crippen molar-refractivity contribution in [1.29, 1.82) is 0 Å². The largest absolute Gasteiger partial charge is 0.394 e. The maximum atomic E-state index is 12.9. The van der Waals surface area contributed by atoms with E-state index in [9.17, 15) is 30.3 Å². The van der Waals surface area contributed by atoms with Crippen LogP contribution in [0.15, 0.2) is 12.2 Å². The average molecular weight is 714 g/mol. The lowest BCUT2D eigenvalue weighted by Gasteiger charge is -2.40. The molecule has 0 saturated carbocycles. The molecule has 9 heteroatoms. The first-order valence-corrected chi connectivity index (χ1v) is 20.9. The molecule has 1 rings (SSSR count). The predicted octanol–water partition coefficient (Wildman–Crippen LogP) is 7.78. The predicted molar refractivity (Wildman–Crippen MR) is 203 cm³/mol. The zero-order valence-corrected chi connectivity index (χ0v) is 32.2. The van der Waals surface area contributed by atoms with Gasteiger partial charge in [-0.3, -0.25) is 4.79 Å². The van der Waals surface area contributed by atoms with Gasteiger partial charge < -0.3 is 40.3 Å². The molecule has 2 unspecified atom stereocenters. The third kappa shape index (κ3) is 23.5. The maximum Gasteiger partial charge on any atom is 0.220 e. The second-order valence-electron chi connectivity index (χ2n) is 14.8. The smallest absolute Gasteiger partial charge is 0.220 e. The van der Waals surface area contributed by atoms with Crippen LogP contribution in [-0.2, 0) is 14.3 Å². The maximum absolute atomic E-state index is 12.9. The van der Waals surface area contributed by atoms with Gasteiger partial charge in [0.15, 0.2) is 6.29 Å².